The molecule has 0 unspecified atom stereocenters. The van der Waals surface area contributed by atoms with Crippen molar-refractivity contribution in [1.29, 1.82) is 0 Å². The standard InChI is InChI=1S/C53H33N3/c1-3-13-34(14-4-1)44-23-11-19-36-20-12-24-47(49(36)44)53-55-51(37-16-5-2-6-17-37)54-52(56-53)42-28-26-38-31-41(27-25-39(38)32-42)50-45-22-10-8-18-40(45)33-48-43-21-9-7-15-35(43)29-30-46(48)50/h1-33H. The van der Waals surface area contributed by atoms with Crippen molar-refractivity contribution in [3.05, 3.63) is 200 Å². The first-order valence-electron chi connectivity index (χ1n) is 19.0. The van der Waals surface area contributed by atoms with Crippen LogP contribution in [-0.4, -0.2) is 15.0 Å². The Morgan fingerprint density at radius 2 is 0.804 bits per heavy atom. The summed E-state index contributed by atoms with van der Waals surface area (Å²) in [6.45, 7) is 0. The molecule has 0 aliphatic carbocycles. The van der Waals surface area contributed by atoms with Crippen LogP contribution in [0.1, 0.15) is 0 Å². The third-order valence-electron chi connectivity index (χ3n) is 11.1. The Bertz CT molecular complexity index is 3290. The third kappa shape index (κ3) is 5.40. The van der Waals surface area contributed by atoms with Gasteiger partial charge in [0, 0.05) is 22.1 Å². The quantitative estimate of drug-likeness (QED) is 0.132. The van der Waals surface area contributed by atoms with Gasteiger partial charge in [0.2, 0.25) is 0 Å². The molecule has 1 aromatic heterocycles. The number of fused-ring (bicyclic) bond motifs is 6. The molecular formula is C53H33N3. The summed E-state index contributed by atoms with van der Waals surface area (Å²) >= 11 is 0. The van der Waals surface area contributed by atoms with Gasteiger partial charge in [0.25, 0.3) is 0 Å². The maximum Gasteiger partial charge on any atom is 0.164 e. The van der Waals surface area contributed by atoms with Crippen molar-refractivity contribution in [2.45, 2.75) is 0 Å². The summed E-state index contributed by atoms with van der Waals surface area (Å²) in [6, 6.07) is 71.2. The molecule has 3 nitrogen and oxygen atoms in total. The molecule has 56 heavy (non-hydrogen) atoms. The van der Waals surface area contributed by atoms with Gasteiger partial charge in [-0.25, -0.2) is 15.0 Å². The number of benzene rings is 10. The zero-order valence-electron chi connectivity index (χ0n) is 30.4. The first-order valence-corrected chi connectivity index (χ1v) is 19.0. The topological polar surface area (TPSA) is 38.7 Å². The van der Waals surface area contributed by atoms with Gasteiger partial charge in [-0.15, -0.1) is 0 Å². The van der Waals surface area contributed by atoms with Crippen LogP contribution in [0.4, 0.5) is 0 Å². The molecule has 0 spiro atoms. The first kappa shape index (κ1) is 32.0. The molecule has 0 aliphatic rings. The molecule has 0 N–H and O–H groups in total. The summed E-state index contributed by atoms with van der Waals surface area (Å²) in [5.41, 5.74) is 7.62. The fourth-order valence-electron chi connectivity index (χ4n) is 8.40. The monoisotopic (exact) mass is 711 g/mol. The zero-order valence-corrected chi connectivity index (χ0v) is 30.4. The van der Waals surface area contributed by atoms with Crippen LogP contribution in [-0.2, 0) is 0 Å². The number of nitrogens with zero attached hydrogens (tertiary/aromatic N) is 3. The Morgan fingerprint density at radius 1 is 0.250 bits per heavy atom. The Balaban J connectivity index is 1.08. The van der Waals surface area contributed by atoms with Crippen molar-refractivity contribution in [2.24, 2.45) is 0 Å². The SMILES string of the molecule is c1ccc(-c2nc(-c3ccc4cc(-c5c6ccccc6cc6c5ccc5ccccc56)ccc4c3)nc(-c3cccc4cccc(-c5ccccc5)c34)n2)cc1. The molecular weight excluding hydrogens is 679 g/mol. The second-order valence-corrected chi connectivity index (χ2v) is 14.4. The first-order chi connectivity index (χ1) is 27.7. The summed E-state index contributed by atoms with van der Waals surface area (Å²) < 4.78 is 0. The maximum absolute atomic E-state index is 5.23. The van der Waals surface area contributed by atoms with Crippen molar-refractivity contribution in [3.8, 4) is 56.4 Å². The average Bonchev–Trinajstić information content (AvgIpc) is 3.28. The highest BCUT2D eigenvalue weighted by molar-refractivity contribution is 6.20. The van der Waals surface area contributed by atoms with Crippen LogP contribution >= 0.6 is 0 Å². The Hall–Kier alpha value is -7.49. The molecule has 0 fully saturated rings. The van der Waals surface area contributed by atoms with E-state index in [-0.39, 0.29) is 0 Å². The number of aromatic nitrogens is 3. The predicted octanol–water partition coefficient (Wildman–Crippen LogP) is 14.0. The van der Waals surface area contributed by atoms with Gasteiger partial charge in [-0.05, 0) is 88.9 Å². The van der Waals surface area contributed by atoms with E-state index in [0.717, 1.165) is 49.4 Å². The summed E-state index contributed by atoms with van der Waals surface area (Å²) in [7, 11) is 0. The predicted molar refractivity (Wildman–Crippen MR) is 235 cm³/mol. The number of hydrogen-bond acceptors (Lipinski definition) is 3. The van der Waals surface area contributed by atoms with Crippen molar-refractivity contribution >= 4 is 53.9 Å². The lowest BCUT2D eigenvalue weighted by atomic mass is 9.89. The largest absolute Gasteiger partial charge is 0.208 e. The highest BCUT2D eigenvalue weighted by Gasteiger charge is 2.18. The molecule has 0 radical (unpaired) electrons. The van der Waals surface area contributed by atoms with E-state index < -0.39 is 0 Å². The molecule has 11 aromatic rings. The van der Waals surface area contributed by atoms with Gasteiger partial charge in [0.1, 0.15) is 0 Å². The second kappa shape index (κ2) is 13.1. The van der Waals surface area contributed by atoms with Gasteiger partial charge >= 0.3 is 0 Å². The minimum atomic E-state index is 0.640. The maximum atomic E-state index is 5.23. The molecule has 0 saturated carbocycles. The third-order valence-corrected chi connectivity index (χ3v) is 11.1. The van der Waals surface area contributed by atoms with Crippen molar-refractivity contribution in [2.75, 3.05) is 0 Å². The lowest BCUT2D eigenvalue weighted by Crippen LogP contribution is -2.01. The molecule has 0 aliphatic heterocycles. The van der Waals surface area contributed by atoms with Crippen molar-refractivity contribution < 1.29 is 0 Å². The van der Waals surface area contributed by atoms with Crippen LogP contribution in [0.25, 0.3) is 110 Å². The van der Waals surface area contributed by atoms with Gasteiger partial charge in [-0.3, -0.25) is 0 Å². The van der Waals surface area contributed by atoms with E-state index in [9.17, 15) is 0 Å². The minimum Gasteiger partial charge on any atom is -0.208 e. The molecule has 0 bridgehead atoms. The number of rotatable bonds is 5. The normalized spacial score (nSPS) is 11.6. The lowest BCUT2D eigenvalue weighted by molar-refractivity contribution is 1.08. The van der Waals surface area contributed by atoms with Crippen LogP contribution in [0.5, 0.6) is 0 Å². The Morgan fingerprint density at radius 3 is 1.57 bits per heavy atom. The molecule has 10 aromatic carbocycles. The Kier molecular flexibility index (Phi) is 7.49. The van der Waals surface area contributed by atoms with E-state index in [1.807, 2.05) is 18.2 Å². The van der Waals surface area contributed by atoms with E-state index in [2.05, 4.69) is 182 Å². The molecule has 3 heteroatoms. The van der Waals surface area contributed by atoms with E-state index in [1.54, 1.807) is 0 Å². The fraction of sp³-hybridized carbons (Fsp3) is 0. The second-order valence-electron chi connectivity index (χ2n) is 14.4. The molecule has 11 rings (SSSR count). The average molecular weight is 712 g/mol. The van der Waals surface area contributed by atoms with Crippen LogP contribution in [0, 0.1) is 0 Å². The summed E-state index contributed by atoms with van der Waals surface area (Å²) in [4.78, 5) is 15.5. The molecule has 1 heterocycles. The van der Waals surface area contributed by atoms with Gasteiger partial charge in [0.05, 0.1) is 0 Å². The molecule has 0 saturated heterocycles. The molecule has 260 valence electrons. The van der Waals surface area contributed by atoms with E-state index in [0.29, 0.717) is 17.5 Å². The summed E-state index contributed by atoms with van der Waals surface area (Å²) in [5, 5.41) is 12.1. The lowest BCUT2D eigenvalue weighted by Gasteiger charge is -2.15. The zero-order chi connectivity index (χ0) is 37.0. The van der Waals surface area contributed by atoms with E-state index in [4.69, 9.17) is 15.0 Å². The Labute approximate surface area is 324 Å². The highest BCUT2D eigenvalue weighted by Crippen LogP contribution is 2.41. The summed E-state index contributed by atoms with van der Waals surface area (Å²) in [5.74, 6) is 1.93. The van der Waals surface area contributed by atoms with Crippen LogP contribution < -0.4 is 0 Å². The minimum absolute atomic E-state index is 0.640. The van der Waals surface area contributed by atoms with Gasteiger partial charge in [0.15, 0.2) is 17.5 Å². The number of hydrogen-bond donors (Lipinski definition) is 0. The summed E-state index contributed by atoms with van der Waals surface area (Å²) in [6.07, 6.45) is 0. The van der Waals surface area contributed by atoms with Gasteiger partial charge in [-0.2, -0.15) is 0 Å². The smallest absolute Gasteiger partial charge is 0.164 e. The van der Waals surface area contributed by atoms with E-state index >= 15 is 0 Å². The van der Waals surface area contributed by atoms with E-state index in [1.165, 1.54) is 43.4 Å². The molecule has 0 atom stereocenters. The fourth-order valence-corrected chi connectivity index (χ4v) is 8.40. The van der Waals surface area contributed by atoms with Crippen molar-refractivity contribution in [1.82, 2.24) is 15.0 Å². The molecule has 0 amide bonds. The van der Waals surface area contributed by atoms with Crippen LogP contribution in [0.3, 0.4) is 0 Å². The van der Waals surface area contributed by atoms with Crippen molar-refractivity contribution in [3.63, 3.8) is 0 Å². The van der Waals surface area contributed by atoms with Gasteiger partial charge < -0.3 is 0 Å². The van der Waals surface area contributed by atoms with Crippen LogP contribution in [0.15, 0.2) is 200 Å². The highest BCUT2D eigenvalue weighted by atomic mass is 15.0. The van der Waals surface area contributed by atoms with Crippen LogP contribution in [0.2, 0.25) is 0 Å². The van der Waals surface area contributed by atoms with Gasteiger partial charge in [-0.1, -0.05) is 182 Å².